The summed E-state index contributed by atoms with van der Waals surface area (Å²) >= 11 is 0. The molecule has 0 saturated carbocycles. The molecule has 1 N–H and O–H groups in total. The van der Waals surface area contributed by atoms with Crippen LogP contribution in [-0.2, 0) is 0 Å². The number of aliphatic hydroxyl groups is 1. The minimum atomic E-state index is -2.98. The molecule has 5 heteroatoms. The molecule has 0 radical (unpaired) electrons. The standard InChI is InChI=1S/C9H9F3O2/c1-5(13)7-3-2-6(4-8(7)10)14-9(11)12/h2-5,9,13H,1H3/t5-/m0/s1. The number of ether oxygens (including phenoxy) is 1. The van der Waals surface area contributed by atoms with E-state index in [-0.39, 0.29) is 11.3 Å². The van der Waals surface area contributed by atoms with Crippen molar-refractivity contribution in [1.82, 2.24) is 0 Å². The van der Waals surface area contributed by atoms with Crippen LogP contribution in [0.5, 0.6) is 5.75 Å². The Morgan fingerprint density at radius 2 is 2.00 bits per heavy atom. The highest BCUT2D eigenvalue weighted by molar-refractivity contribution is 5.29. The van der Waals surface area contributed by atoms with Gasteiger partial charge in [-0.05, 0) is 19.1 Å². The van der Waals surface area contributed by atoms with Crippen molar-refractivity contribution < 1.29 is 23.0 Å². The highest BCUT2D eigenvalue weighted by atomic mass is 19.3. The summed E-state index contributed by atoms with van der Waals surface area (Å²) in [7, 11) is 0. The van der Waals surface area contributed by atoms with Gasteiger partial charge in [0.2, 0.25) is 0 Å². The van der Waals surface area contributed by atoms with Gasteiger partial charge >= 0.3 is 6.61 Å². The first kappa shape index (κ1) is 10.8. The van der Waals surface area contributed by atoms with Gasteiger partial charge in [-0.2, -0.15) is 8.78 Å². The van der Waals surface area contributed by atoms with Gasteiger partial charge in [0.15, 0.2) is 0 Å². The third kappa shape index (κ3) is 2.63. The van der Waals surface area contributed by atoms with E-state index in [2.05, 4.69) is 4.74 Å². The van der Waals surface area contributed by atoms with Gasteiger partial charge in [0.25, 0.3) is 0 Å². The monoisotopic (exact) mass is 206 g/mol. The van der Waals surface area contributed by atoms with E-state index in [9.17, 15) is 13.2 Å². The molecule has 1 aromatic carbocycles. The van der Waals surface area contributed by atoms with Gasteiger partial charge in [0, 0.05) is 11.6 Å². The molecule has 0 spiro atoms. The van der Waals surface area contributed by atoms with Crippen LogP contribution in [0.15, 0.2) is 18.2 Å². The Labute approximate surface area is 78.9 Å². The number of alkyl halides is 2. The fourth-order valence-corrected chi connectivity index (χ4v) is 1.02. The minimum absolute atomic E-state index is 0.0478. The van der Waals surface area contributed by atoms with Crippen LogP contribution in [0.25, 0.3) is 0 Å². The van der Waals surface area contributed by atoms with Gasteiger partial charge in [-0.1, -0.05) is 0 Å². The molecule has 0 fully saturated rings. The van der Waals surface area contributed by atoms with Gasteiger partial charge < -0.3 is 9.84 Å². The van der Waals surface area contributed by atoms with Crippen LogP contribution in [0.2, 0.25) is 0 Å². The predicted octanol–water partition coefficient (Wildman–Crippen LogP) is 2.48. The summed E-state index contributed by atoms with van der Waals surface area (Å²) in [5, 5.41) is 9.05. The maximum atomic E-state index is 13.1. The highest BCUT2D eigenvalue weighted by Crippen LogP contribution is 2.22. The molecular weight excluding hydrogens is 197 g/mol. The molecule has 0 aromatic heterocycles. The first-order chi connectivity index (χ1) is 6.50. The predicted molar refractivity (Wildman–Crippen MR) is 43.7 cm³/mol. The van der Waals surface area contributed by atoms with E-state index >= 15 is 0 Å². The smallest absolute Gasteiger partial charge is 0.387 e. The zero-order chi connectivity index (χ0) is 10.7. The van der Waals surface area contributed by atoms with Crippen molar-refractivity contribution in [3.63, 3.8) is 0 Å². The van der Waals surface area contributed by atoms with Crippen molar-refractivity contribution in [2.24, 2.45) is 0 Å². The third-order valence-electron chi connectivity index (χ3n) is 1.65. The van der Waals surface area contributed by atoms with Crippen LogP contribution in [0, 0.1) is 5.82 Å². The van der Waals surface area contributed by atoms with Crippen molar-refractivity contribution in [3.05, 3.63) is 29.6 Å². The van der Waals surface area contributed by atoms with Crippen LogP contribution in [0.4, 0.5) is 13.2 Å². The van der Waals surface area contributed by atoms with Gasteiger partial charge in [0.1, 0.15) is 11.6 Å². The second kappa shape index (κ2) is 4.32. The van der Waals surface area contributed by atoms with E-state index in [1.54, 1.807) is 0 Å². The molecule has 0 bridgehead atoms. The first-order valence-electron chi connectivity index (χ1n) is 3.93. The molecule has 1 aromatic rings. The lowest BCUT2D eigenvalue weighted by Gasteiger charge is -2.08. The largest absolute Gasteiger partial charge is 0.435 e. The maximum Gasteiger partial charge on any atom is 0.387 e. The third-order valence-corrected chi connectivity index (χ3v) is 1.65. The fraction of sp³-hybridized carbons (Fsp3) is 0.333. The summed E-state index contributed by atoms with van der Waals surface area (Å²) in [6, 6.07) is 3.20. The normalized spacial score (nSPS) is 13.0. The molecule has 0 aliphatic carbocycles. The zero-order valence-corrected chi connectivity index (χ0v) is 7.38. The molecular formula is C9H9F3O2. The summed E-state index contributed by atoms with van der Waals surface area (Å²) in [5.41, 5.74) is 0.0478. The molecule has 78 valence electrons. The summed E-state index contributed by atoms with van der Waals surface area (Å²) in [6.07, 6.45) is -0.976. The summed E-state index contributed by atoms with van der Waals surface area (Å²) in [6.45, 7) is -1.60. The molecule has 0 unspecified atom stereocenters. The van der Waals surface area contributed by atoms with Crippen LogP contribution >= 0.6 is 0 Å². The van der Waals surface area contributed by atoms with Gasteiger partial charge in [-0.25, -0.2) is 4.39 Å². The molecule has 2 nitrogen and oxygen atoms in total. The molecule has 0 aliphatic heterocycles. The van der Waals surface area contributed by atoms with Crippen LogP contribution in [0.3, 0.4) is 0 Å². The zero-order valence-electron chi connectivity index (χ0n) is 7.38. The van der Waals surface area contributed by atoms with E-state index in [0.29, 0.717) is 0 Å². The van der Waals surface area contributed by atoms with E-state index in [0.717, 1.165) is 6.07 Å². The molecule has 1 rings (SSSR count). The van der Waals surface area contributed by atoms with Crippen molar-refractivity contribution in [1.29, 1.82) is 0 Å². The number of rotatable bonds is 3. The molecule has 0 amide bonds. The summed E-state index contributed by atoms with van der Waals surface area (Å²) < 4.78 is 40.5. The molecule has 0 saturated heterocycles. The number of hydrogen-bond acceptors (Lipinski definition) is 2. The lowest BCUT2D eigenvalue weighted by Crippen LogP contribution is -2.03. The van der Waals surface area contributed by atoms with E-state index in [4.69, 9.17) is 5.11 Å². The molecule has 0 aliphatic rings. The van der Waals surface area contributed by atoms with Crippen molar-refractivity contribution in [2.75, 3.05) is 0 Å². The SMILES string of the molecule is C[C@H](O)c1ccc(OC(F)F)cc1F. The number of hydrogen-bond donors (Lipinski definition) is 1. The average Bonchev–Trinajstić information content (AvgIpc) is 2.01. The summed E-state index contributed by atoms with van der Waals surface area (Å²) in [5.74, 6) is -1.03. The molecule has 0 heterocycles. The van der Waals surface area contributed by atoms with Gasteiger partial charge in [0.05, 0.1) is 6.10 Å². The Bertz CT molecular complexity index is 313. The first-order valence-corrected chi connectivity index (χ1v) is 3.93. The lowest BCUT2D eigenvalue weighted by molar-refractivity contribution is -0.0500. The second-order valence-electron chi connectivity index (χ2n) is 2.74. The number of halogens is 3. The Kier molecular flexibility index (Phi) is 3.35. The highest BCUT2D eigenvalue weighted by Gasteiger charge is 2.11. The van der Waals surface area contributed by atoms with Gasteiger partial charge in [-0.15, -0.1) is 0 Å². The summed E-state index contributed by atoms with van der Waals surface area (Å²) in [4.78, 5) is 0. The quantitative estimate of drug-likeness (QED) is 0.823. The minimum Gasteiger partial charge on any atom is -0.435 e. The van der Waals surface area contributed by atoms with Crippen molar-refractivity contribution in [3.8, 4) is 5.75 Å². The Balaban J connectivity index is 2.89. The van der Waals surface area contributed by atoms with Crippen molar-refractivity contribution >= 4 is 0 Å². The Morgan fingerprint density at radius 3 is 2.43 bits per heavy atom. The van der Waals surface area contributed by atoms with Crippen LogP contribution < -0.4 is 4.74 Å². The topological polar surface area (TPSA) is 29.5 Å². The average molecular weight is 206 g/mol. The molecule has 1 atom stereocenters. The Morgan fingerprint density at radius 1 is 1.36 bits per heavy atom. The number of benzene rings is 1. The van der Waals surface area contributed by atoms with E-state index in [1.165, 1.54) is 19.1 Å². The van der Waals surface area contributed by atoms with Gasteiger partial charge in [-0.3, -0.25) is 0 Å². The van der Waals surface area contributed by atoms with Crippen LogP contribution in [0.1, 0.15) is 18.6 Å². The van der Waals surface area contributed by atoms with E-state index in [1.807, 2.05) is 0 Å². The second-order valence-corrected chi connectivity index (χ2v) is 2.74. The Hall–Kier alpha value is -1.23. The molecule has 14 heavy (non-hydrogen) atoms. The van der Waals surface area contributed by atoms with Crippen molar-refractivity contribution in [2.45, 2.75) is 19.6 Å². The maximum absolute atomic E-state index is 13.1. The fourth-order valence-electron chi connectivity index (χ4n) is 1.02. The number of aliphatic hydroxyl groups excluding tert-OH is 1. The van der Waals surface area contributed by atoms with Crippen LogP contribution in [-0.4, -0.2) is 11.7 Å². The van der Waals surface area contributed by atoms with E-state index < -0.39 is 18.5 Å². The lowest BCUT2D eigenvalue weighted by atomic mass is 10.1.